The Labute approximate surface area is 155 Å². The summed E-state index contributed by atoms with van der Waals surface area (Å²) in [5, 5.41) is 5.54. The Kier molecular flexibility index (Phi) is 7.01. The summed E-state index contributed by atoms with van der Waals surface area (Å²) in [6.07, 6.45) is 0.870. The molecule has 5 nitrogen and oxygen atoms in total. The molecule has 0 spiro atoms. The van der Waals surface area contributed by atoms with E-state index in [0.717, 1.165) is 16.5 Å². The van der Waals surface area contributed by atoms with Crippen molar-refractivity contribution in [2.75, 3.05) is 18.5 Å². The Hall–Kier alpha value is -2.34. The van der Waals surface area contributed by atoms with Crippen LogP contribution in [0.15, 0.2) is 46.9 Å². The van der Waals surface area contributed by atoms with Gasteiger partial charge in [0.25, 0.3) is 11.8 Å². The van der Waals surface area contributed by atoms with E-state index in [1.54, 1.807) is 30.3 Å². The number of amides is 2. The van der Waals surface area contributed by atoms with Crippen molar-refractivity contribution in [1.82, 2.24) is 5.32 Å². The third kappa shape index (κ3) is 5.90. The highest BCUT2D eigenvalue weighted by Gasteiger charge is 2.08. The minimum Gasteiger partial charge on any atom is -0.484 e. The lowest BCUT2D eigenvalue weighted by Gasteiger charge is -2.10. The van der Waals surface area contributed by atoms with E-state index in [1.807, 2.05) is 26.0 Å². The summed E-state index contributed by atoms with van der Waals surface area (Å²) in [6.45, 7) is 4.46. The van der Waals surface area contributed by atoms with E-state index >= 15 is 0 Å². The SMILES string of the molecule is CCCNC(=O)c1cccc(NC(=O)COc2ccc(Br)c(C)c2)c1. The highest BCUT2D eigenvalue weighted by Crippen LogP contribution is 2.21. The minimum absolute atomic E-state index is 0.104. The quantitative estimate of drug-likeness (QED) is 0.734. The summed E-state index contributed by atoms with van der Waals surface area (Å²) in [4.78, 5) is 24.0. The average molecular weight is 405 g/mol. The molecular formula is C19H21BrN2O3. The molecule has 25 heavy (non-hydrogen) atoms. The fourth-order valence-electron chi connectivity index (χ4n) is 2.13. The summed E-state index contributed by atoms with van der Waals surface area (Å²) in [6, 6.07) is 12.3. The first-order chi connectivity index (χ1) is 12.0. The molecule has 0 heterocycles. The Morgan fingerprint density at radius 3 is 2.68 bits per heavy atom. The van der Waals surface area contributed by atoms with Crippen LogP contribution in [0.4, 0.5) is 5.69 Å². The predicted molar refractivity (Wildman–Crippen MR) is 102 cm³/mol. The molecule has 0 radical (unpaired) electrons. The molecule has 0 saturated carbocycles. The van der Waals surface area contributed by atoms with Crippen LogP contribution in [-0.2, 0) is 4.79 Å². The van der Waals surface area contributed by atoms with Crippen LogP contribution >= 0.6 is 15.9 Å². The number of ether oxygens (including phenoxy) is 1. The molecular weight excluding hydrogens is 384 g/mol. The maximum Gasteiger partial charge on any atom is 0.262 e. The van der Waals surface area contributed by atoms with E-state index in [2.05, 4.69) is 26.6 Å². The number of carbonyl (C=O) groups is 2. The molecule has 0 fully saturated rings. The second-order valence-corrected chi connectivity index (χ2v) is 6.44. The normalized spacial score (nSPS) is 10.2. The van der Waals surface area contributed by atoms with Crippen LogP contribution in [0.25, 0.3) is 0 Å². The number of hydrogen-bond acceptors (Lipinski definition) is 3. The van der Waals surface area contributed by atoms with E-state index < -0.39 is 0 Å². The highest BCUT2D eigenvalue weighted by molar-refractivity contribution is 9.10. The summed E-state index contributed by atoms with van der Waals surface area (Å²) >= 11 is 3.42. The zero-order valence-corrected chi connectivity index (χ0v) is 15.9. The fraction of sp³-hybridized carbons (Fsp3) is 0.263. The first kappa shape index (κ1) is 19.0. The maximum absolute atomic E-state index is 12.0. The van der Waals surface area contributed by atoms with Crippen molar-refractivity contribution in [3.8, 4) is 5.75 Å². The van der Waals surface area contributed by atoms with Gasteiger partial charge in [-0.1, -0.05) is 28.9 Å². The molecule has 0 aliphatic heterocycles. The van der Waals surface area contributed by atoms with Gasteiger partial charge in [0, 0.05) is 22.3 Å². The van der Waals surface area contributed by atoms with Gasteiger partial charge in [0.05, 0.1) is 0 Å². The van der Waals surface area contributed by atoms with Gasteiger partial charge in [-0.05, 0) is 55.3 Å². The van der Waals surface area contributed by atoms with Crippen LogP contribution in [0.2, 0.25) is 0 Å². The fourth-order valence-corrected chi connectivity index (χ4v) is 2.38. The molecule has 2 rings (SSSR count). The topological polar surface area (TPSA) is 67.4 Å². The van der Waals surface area contributed by atoms with Crippen molar-refractivity contribution in [3.05, 3.63) is 58.1 Å². The van der Waals surface area contributed by atoms with Crippen LogP contribution in [0, 0.1) is 6.92 Å². The lowest BCUT2D eigenvalue weighted by Crippen LogP contribution is -2.24. The van der Waals surface area contributed by atoms with E-state index in [9.17, 15) is 9.59 Å². The van der Waals surface area contributed by atoms with E-state index in [4.69, 9.17) is 4.74 Å². The number of hydrogen-bond donors (Lipinski definition) is 2. The first-order valence-electron chi connectivity index (χ1n) is 8.06. The molecule has 0 bridgehead atoms. The van der Waals surface area contributed by atoms with Crippen molar-refractivity contribution in [2.45, 2.75) is 20.3 Å². The number of halogens is 1. The molecule has 0 saturated heterocycles. The van der Waals surface area contributed by atoms with Gasteiger partial charge in [0.2, 0.25) is 0 Å². The molecule has 0 aromatic heterocycles. The van der Waals surface area contributed by atoms with E-state index in [-0.39, 0.29) is 18.4 Å². The maximum atomic E-state index is 12.0. The Balaban J connectivity index is 1.91. The van der Waals surface area contributed by atoms with Crippen LogP contribution in [0.5, 0.6) is 5.75 Å². The highest BCUT2D eigenvalue weighted by atomic mass is 79.9. The predicted octanol–water partition coefficient (Wildman–Crippen LogP) is 3.91. The number of carbonyl (C=O) groups excluding carboxylic acids is 2. The van der Waals surface area contributed by atoms with Crippen molar-refractivity contribution >= 4 is 33.4 Å². The molecule has 132 valence electrons. The zero-order valence-electron chi connectivity index (χ0n) is 14.3. The van der Waals surface area contributed by atoms with Crippen molar-refractivity contribution < 1.29 is 14.3 Å². The minimum atomic E-state index is -0.285. The van der Waals surface area contributed by atoms with Gasteiger partial charge in [0.1, 0.15) is 5.75 Å². The van der Waals surface area contributed by atoms with Crippen molar-refractivity contribution in [1.29, 1.82) is 0 Å². The van der Waals surface area contributed by atoms with Crippen LogP contribution in [0.1, 0.15) is 29.3 Å². The first-order valence-corrected chi connectivity index (χ1v) is 8.86. The van der Waals surface area contributed by atoms with Gasteiger partial charge in [-0.2, -0.15) is 0 Å². The van der Waals surface area contributed by atoms with Crippen molar-refractivity contribution in [3.63, 3.8) is 0 Å². The second-order valence-electron chi connectivity index (χ2n) is 5.58. The molecule has 2 N–H and O–H groups in total. The Morgan fingerprint density at radius 2 is 1.96 bits per heavy atom. The summed E-state index contributed by atoms with van der Waals surface area (Å²) in [5.74, 6) is 0.190. The van der Waals surface area contributed by atoms with Crippen LogP contribution < -0.4 is 15.4 Å². The number of aryl methyl sites for hydroxylation is 1. The van der Waals surface area contributed by atoms with Gasteiger partial charge in [-0.15, -0.1) is 0 Å². The number of nitrogens with one attached hydrogen (secondary N) is 2. The third-order valence-corrected chi connectivity index (χ3v) is 4.33. The molecule has 0 unspecified atom stereocenters. The van der Waals surface area contributed by atoms with Gasteiger partial charge < -0.3 is 15.4 Å². The molecule has 0 atom stereocenters. The standard InChI is InChI=1S/C19H21BrN2O3/c1-3-9-21-19(24)14-5-4-6-15(11-14)22-18(23)12-25-16-7-8-17(20)13(2)10-16/h4-8,10-11H,3,9,12H2,1-2H3,(H,21,24)(H,22,23). The smallest absolute Gasteiger partial charge is 0.262 e. The molecule has 0 aliphatic carbocycles. The molecule has 6 heteroatoms. The van der Waals surface area contributed by atoms with Gasteiger partial charge >= 0.3 is 0 Å². The monoisotopic (exact) mass is 404 g/mol. The lowest BCUT2D eigenvalue weighted by molar-refractivity contribution is -0.118. The number of benzene rings is 2. The molecule has 0 aliphatic rings. The second kappa shape index (κ2) is 9.22. The molecule has 2 amide bonds. The largest absolute Gasteiger partial charge is 0.484 e. The average Bonchev–Trinajstić information content (AvgIpc) is 2.61. The Morgan fingerprint density at radius 1 is 1.16 bits per heavy atom. The zero-order chi connectivity index (χ0) is 18.2. The van der Waals surface area contributed by atoms with E-state index in [0.29, 0.717) is 23.5 Å². The van der Waals surface area contributed by atoms with E-state index in [1.165, 1.54) is 0 Å². The third-order valence-electron chi connectivity index (χ3n) is 3.44. The van der Waals surface area contributed by atoms with Crippen LogP contribution in [0.3, 0.4) is 0 Å². The molecule has 2 aromatic carbocycles. The lowest BCUT2D eigenvalue weighted by atomic mass is 10.2. The summed E-state index contributed by atoms with van der Waals surface area (Å²) in [7, 11) is 0. The summed E-state index contributed by atoms with van der Waals surface area (Å²) in [5.41, 5.74) is 2.10. The van der Waals surface area contributed by atoms with Crippen molar-refractivity contribution in [2.24, 2.45) is 0 Å². The van der Waals surface area contributed by atoms with Crippen LogP contribution in [-0.4, -0.2) is 25.0 Å². The van der Waals surface area contributed by atoms with Gasteiger partial charge in [-0.3, -0.25) is 9.59 Å². The number of rotatable bonds is 7. The Bertz CT molecular complexity index is 762. The summed E-state index contributed by atoms with van der Waals surface area (Å²) < 4.78 is 6.48. The van der Waals surface area contributed by atoms with Gasteiger partial charge in [-0.25, -0.2) is 0 Å². The van der Waals surface area contributed by atoms with Gasteiger partial charge in [0.15, 0.2) is 6.61 Å². The number of anilines is 1. The molecule has 2 aromatic rings.